The summed E-state index contributed by atoms with van der Waals surface area (Å²) >= 11 is 0. The molecule has 0 aliphatic heterocycles. The monoisotopic (exact) mass is 420 g/mol. The van der Waals surface area contributed by atoms with Crippen LogP contribution >= 0.6 is 0 Å². The lowest BCUT2D eigenvalue weighted by Crippen LogP contribution is -2.45. The van der Waals surface area contributed by atoms with Gasteiger partial charge in [-0.1, -0.05) is 12.1 Å². The van der Waals surface area contributed by atoms with Crippen LogP contribution in [0.25, 0.3) is 0 Å². The summed E-state index contributed by atoms with van der Waals surface area (Å²) in [6.45, 7) is 1.42. The Morgan fingerprint density at radius 3 is 2.34 bits per heavy atom. The number of carbonyl (C=O) groups excluding carboxylic acids is 1. The number of rotatable bonds is 7. The molecule has 0 spiro atoms. The van der Waals surface area contributed by atoms with Gasteiger partial charge in [-0.15, -0.1) is 0 Å². The second-order valence-corrected chi connectivity index (χ2v) is 9.08. The number of carbonyl (C=O) groups is 1. The topological polar surface area (TPSA) is 75.7 Å². The zero-order valence-electron chi connectivity index (χ0n) is 16.5. The fourth-order valence-electron chi connectivity index (χ4n) is 3.47. The number of nitrogens with zero attached hydrogens (tertiary/aromatic N) is 1. The lowest BCUT2D eigenvalue weighted by molar-refractivity contribution is -0.116. The highest BCUT2D eigenvalue weighted by Gasteiger charge is 2.31. The van der Waals surface area contributed by atoms with E-state index in [2.05, 4.69) is 5.32 Å². The summed E-state index contributed by atoms with van der Waals surface area (Å²) in [6.07, 6.45) is 5.63. The Morgan fingerprint density at radius 2 is 1.76 bits per heavy atom. The first-order valence-electron chi connectivity index (χ1n) is 9.57. The lowest BCUT2D eigenvalue weighted by Gasteiger charge is -2.28. The zero-order chi connectivity index (χ0) is 21.0. The normalized spacial score (nSPS) is 15.7. The zero-order valence-corrected chi connectivity index (χ0v) is 17.3. The van der Waals surface area contributed by atoms with Gasteiger partial charge in [0, 0.05) is 5.69 Å². The van der Waals surface area contributed by atoms with E-state index in [9.17, 15) is 17.6 Å². The number of benzene rings is 2. The van der Waals surface area contributed by atoms with Crippen molar-refractivity contribution in [1.82, 2.24) is 0 Å². The van der Waals surface area contributed by atoms with Crippen LogP contribution in [0.15, 0.2) is 48.5 Å². The summed E-state index contributed by atoms with van der Waals surface area (Å²) in [7, 11) is -3.88. The van der Waals surface area contributed by atoms with Crippen LogP contribution in [0.1, 0.15) is 32.6 Å². The highest BCUT2D eigenvalue weighted by atomic mass is 32.2. The van der Waals surface area contributed by atoms with Gasteiger partial charge in [-0.2, -0.15) is 0 Å². The second kappa shape index (κ2) is 8.82. The number of para-hydroxylation sites is 1. The molecular formula is C21H25FN2O4S. The quantitative estimate of drug-likeness (QED) is 0.736. The third kappa shape index (κ3) is 5.26. The minimum absolute atomic E-state index is 0.169. The van der Waals surface area contributed by atoms with Crippen LogP contribution < -0.4 is 14.4 Å². The number of amides is 1. The van der Waals surface area contributed by atoms with Crippen LogP contribution in [0, 0.1) is 5.82 Å². The van der Waals surface area contributed by atoms with Crippen molar-refractivity contribution in [3.05, 3.63) is 54.3 Å². The molecule has 1 unspecified atom stereocenters. The average Bonchev–Trinajstić information content (AvgIpc) is 3.17. The molecule has 156 valence electrons. The Balaban J connectivity index is 1.72. The van der Waals surface area contributed by atoms with Gasteiger partial charge < -0.3 is 10.1 Å². The van der Waals surface area contributed by atoms with E-state index in [0.717, 1.165) is 35.2 Å². The summed E-state index contributed by atoms with van der Waals surface area (Å²) in [6, 6.07) is 11.2. The van der Waals surface area contributed by atoms with Gasteiger partial charge in [-0.3, -0.25) is 9.10 Å². The highest BCUT2D eigenvalue weighted by Crippen LogP contribution is 2.26. The standard InChI is InChI=1S/C21H25FN2O4S/c1-15(24(29(2,26)27)20-10-6-5-9-19(20)22)21(25)23-16-11-13-18(14-12-16)28-17-7-3-4-8-17/h5-6,9-15,17H,3-4,7-8H2,1-2H3,(H,23,25). The van der Waals surface area contributed by atoms with Crippen molar-refractivity contribution in [1.29, 1.82) is 0 Å². The van der Waals surface area contributed by atoms with E-state index >= 15 is 0 Å². The van der Waals surface area contributed by atoms with Crippen molar-refractivity contribution in [2.75, 3.05) is 15.9 Å². The molecule has 1 aliphatic carbocycles. The molecule has 2 aromatic rings. The molecule has 1 fully saturated rings. The van der Waals surface area contributed by atoms with Crippen LogP contribution in [0.3, 0.4) is 0 Å². The predicted octanol–water partition coefficient (Wildman–Crippen LogP) is 3.94. The SMILES string of the molecule is CC(C(=O)Nc1ccc(OC2CCCC2)cc1)N(c1ccccc1F)S(C)(=O)=O. The van der Waals surface area contributed by atoms with E-state index < -0.39 is 27.8 Å². The largest absolute Gasteiger partial charge is 0.490 e. The van der Waals surface area contributed by atoms with Crippen LogP contribution in [0.4, 0.5) is 15.8 Å². The number of halogens is 1. The van der Waals surface area contributed by atoms with Crippen molar-refractivity contribution in [3.8, 4) is 5.75 Å². The maximum atomic E-state index is 14.2. The Morgan fingerprint density at radius 1 is 1.14 bits per heavy atom. The van der Waals surface area contributed by atoms with Gasteiger partial charge in [0.05, 0.1) is 18.0 Å². The molecule has 29 heavy (non-hydrogen) atoms. The Labute approximate surface area is 170 Å². The molecule has 1 aliphatic rings. The molecule has 0 bridgehead atoms. The maximum Gasteiger partial charge on any atom is 0.247 e. The summed E-state index contributed by atoms with van der Waals surface area (Å²) in [4.78, 5) is 12.7. The van der Waals surface area contributed by atoms with E-state index in [-0.39, 0.29) is 11.8 Å². The van der Waals surface area contributed by atoms with Crippen LogP contribution in [-0.4, -0.2) is 32.7 Å². The van der Waals surface area contributed by atoms with Crippen molar-refractivity contribution in [3.63, 3.8) is 0 Å². The lowest BCUT2D eigenvalue weighted by atomic mass is 10.2. The molecule has 0 heterocycles. The smallest absolute Gasteiger partial charge is 0.247 e. The van der Waals surface area contributed by atoms with Crippen LogP contribution in [-0.2, 0) is 14.8 Å². The van der Waals surface area contributed by atoms with Crippen molar-refractivity contribution in [2.24, 2.45) is 0 Å². The van der Waals surface area contributed by atoms with E-state index in [4.69, 9.17) is 4.74 Å². The molecule has 0 aromatic heterocycles. The second-order valence-electron chi connectivity index (χ2n) is 7.22. The number of ether oxygens (including phenoxy) is 1. The van der Waals surface area contributed by atoms with Gasteiger partial charge in [0.15, 0.2) is 0 Å². The predicted molar refractivity (Wildman–Crippen MR) is 111 cm³/mol. The number of sulfonamides is 1. The first kappa shape index (κ1) is 21.1. The summed E-state index contributed by atoms with van der Waals surface area (Å²) in [5.41, 5.74) is 0.334. The van der Waals surface area contributed by atoms with Crippen LogP contribution in [0.5, 0.6) is 5.75 Å². The van der Waals surface area contributed by atoms with E-state index in [1.807, 2.05) is 0 Å². The highest BCUT2D eigenvalue weighted by molar-refractivity contribution is 7.92. The first-order valence-corrected chi connectivity index (χ1v) is 11.4. The fraction of sp³-hybridized carbons (Fsp3) is 0.381. The van der Waals surface area contributed by atoms with E-state index in [1.54, 1.807) is 24.3 Å². The van der Waals surface area contributed by atoms with Crippen molar-refractivity contribution in [2.45, 2.75) is 44.8 Å². The summed E-state index contributed by atoms with van der Waals surface area (Å²) in [5, 5.41) is 2.68. The molecule has 8 heteroatoms. The van der Waals surface area contributed by atoms with E-state index in [0.29, 0.717) is 5.69 Å². The molecule has 0 saturated heterocycles. The van der Waals surface area contributed by atoms with Gasteiger partial charge in [0.1, 0.15) is 17.6 Å². The third-order valence-electron chi connectivity index (χ3n) is 4.91. The van der Waals surface area contributed by atoms with Gasteiger partial charge >= 0.3 is 0 Å². The van der Waals surface area contributed by atoms with Crippen LogP contribution in [0.2, 0.25) is 0 Å². The molecule has 2 aromatic carbocycles. The molecule has 1 saturated carbocycles. The molecule has 1 atom stereocenters. The van der Waals surface area contributed by atoms with Gasteiger partial charge in [-0.25, -0.2) is 12.8 Å². The molecule has 6 nitrogen and oxygen atoms in total. The molecule has 1 amide bonds. The maximum absolute atomic E-state index is 14.2. The molecular weight excluding hydrogens is 395 g/mol. The minimum Gasteiger partial charge on any atom is -0.490 e. The first-order chi connectivity index (χ1) is 13.8. The number of hydrogen-bond donors (Lipinski definition) is 1. The molecule has 3 rings (SSSR count). The summed E-state index contributed by atoms with van der Waals surface area (Å²) < 4.78 is 45.4. The van der Waals surface area contributed by atoms with Crippen molar-refractivity contribution < 1.29 is 22.3 Å². The number of nitrogens with one attached hydrogen (secondary N) is 1. The number of hydrogen-bond acceptors (Lipinski definition) is 4. The fourth-order valence-corrected chi connectivity index (χ4v) is 4.65. The molecule has 0 radical (unpaired) electrons. The number of anilines is 2. The van der Waals surface area contributed by atoms with Gasteiger partial charge in [-0.05, 0) is 69.0 Å². The minimum atomic E-state index is -3.88. The Kier molecular flexibility index (Phi) is 6.42. The van der Waals surface area contributed by atoms with Gasteiger partial charge in [0.2, 0.25) is 15.9 Å². The Bertz CT molecular complexity index is 957. The average molecular weight is 421 g/mol. The van der Waals surface area contributed by atoms with E-state index in [1.165, 1.54) is 38.0 Å². The third-order valence-corrected chi connectivity index (χ3v) is 6.13. The molecule has 1 N–H and O–H groups in total. The van der Waals surface area contributed by atoms with Gasteiger partial charge in [0.25, 0.3) is 0 Å². The Hall–Kier alpha value is -2.61. The summed E-state index contributed by atoms with van der Waals surface area (Å²) in [5.74, 6) is -0.554. The van der Waals surface area contributed by atoms with Crippen molar-refractivity contribution >= 4 is 27.3 Å².